The molecule has 0 aliphatic rings. The molecule has 3 unspecified atom stereocenters. The molecule has 0 aliphatic carbocycles. The van der Waals surface area contributed by atoms with Gasteiger partial charge < -0.3 is 14.7 Å². The molecule has 3 atom stereocenters. The summed E-state index contributed by atoms with van der Waals surface area (Å²) in [5, 5.41) is 10.9. The van der Waals surface area contributed by atoms with Gasteiger partial charge in [-0.1, -0.05) is 62.7 Å². The third-order valence-electron chi connectivity index (χ3n) is 5.75. The average Bonchev–Trinajstić information content (AvgIpc) is 2.80. The number of benzene rings is 2. The highest BCUT2D eigenvalue weighted by Crippen LogP contribution is 2.50. The number of nitrogens with zero attached hydrogens (tertiary/aromatic N) is 1. The van der Waals surface area contributed by atoms with Crippen LogP contribution in [0.1, 0.15) is 48.7 Å². The Morgan fingerprint density at radius 2 is 1.77 bits per heavy atom. The molecular formula is C27H27FNO5P. The van der Waals surface area contributed by atoms with Crippen molar-refractivity contribution >= 4 is 14.0 Å². The van der Waals surface area contributed by atoms with Gasteiger partial charge in [-0.25, -0.2) is 4.39 Å². The van der Waals surface area contributed by atoms with Gasteiger partial charge in [-0.2, -0.15) is 0 Å². The topological polar surface area (TPSA) is 96.7 Å². The third kappa shape index (κ3) is 5.86. The van der Waals surface area contributed by atoms with Crippen LogP contribution >= 0.6 is 8.03 Å². The largest absolute Gasteiger partial charge is 0.391 e. The van der Waals surface area contributed by atoms with Crippen LogP contribution in [0.4, 0.5) is 4.39 Å². The van der Waals surface area contributed by atoms with Gasteiger partial charge >= 0.3 is 5.97 Å². The second kappa shape index (κ2) is 11.4. The molecule has 0 radical (unpaired) electrons. The maximum absolute atomic E-state index is 13.8. The summed E-state index contributed by atoms with van der Waals surface area (Å²) in [7, 11) is -3.44. The molecule has 3 aromatic rings. The Balaban J connectivity index is 2.38. The molecule has 6 nitrogen and oxygen atoms in total. The number of aliphatic hydroxyl groups is 1. The number of aromatic nitrogens is 1. The van der Waals surface area contributed by atoms with E-state index in [4.69, 9.17) is 11.4 Å². The minimum Gasteiger partial charge on any atom is -0.391 e. The Morgan fingerprint density at radius 1 is 1.14 bits per heavy atom. The molecule has 182 valence electrons. The Bertz CT molecular complexity index is 1270. The van der Waals surface area contributed by atoms with Crippen molar-refractivity contribution in [3.8, 4) is 34.9 Å². The lowest BCUT2D eigenvalue weighted by Crippen LogP contribution is -2.23. The van der Waals surface area contributed by atoms with E-state index in [0.29, 0.717) is 33.6 Å². The predicted octanol–water partition coefficient (Wildman–Crippen LogP) is 5.38. The van der Waals surface area contributed by atoms with E-state index < -0.39 is 38.0 Å². The molecule has 0 saturated carbocycles. The van der Waals surface area contributed by atoms with Crippen molar-refractivity contribution in [1.29, 1.82) is 0 Å². The first-order valence-electron chi connectivity index (χ1n) is 11.1. The molecule has 0 spiro atoms. The van der Waals surface area contributed by atoms with E-state index in [1.54, 1.807) is 18.2 Å². The Morgan fingerprint density at radius 3 is 2.31 bits per heavy atom. The van der Waals surface area contributed by atoms with E-state index >= 15 is 0 Å². The molecule has 2 N–H and O–H groups in total. The Kier molecular flexibility index (Phi) is 8.58. The van der Waals surface area contributed by atoms with E-state index in [1.165, 1.54) is 12.1 Å². The van der Waals surface area contributed by atoms with Crippen molar-refractivity contribution in [3.05, 3.63) is 77.2 Å². The van der Waals surface area contributed by atoms with Gasteiger partial charge in [0, 0.05) is 11.3 Å². The normalized spacial score (nSPS) is 13.7. The Labute approximate surface area is 204 Å². The smallest absolute Gasteiger partial charge is 0.322 e. The van der Waals surface area contributed by atoms with Crippen LogP contribution in [0.3, 0.4) is 0 Å². The van der Waals surface area contributed by atoms with E-state index in [0.717, 1.165) is 5.56 Å². The lowest BCUT2D eigenvalue weighted by atomic mass is 9.85. The molecule has 0 saturated heterocycles. The van der Waals surface area contributed by atoms with Crippen molar-refractivity contribution in [2.24, 2.45) is 0 Å². The van der Waals surface area contributed by atoms with E-state index in [1.807, 2.05) is 51.1 Å². The summed E-state index contributed by atoms with van der Waals surface area (Å²) >= 11 is 0. The molecule has 0 amide bonds. The van der Waals surface area contributed by atoms with Crippen molar-refractivity contribution < 1.29 is 28.5 Å². The van der Waals surface area contributed by atoms with Crippen LogP contribution in [0.2, 0.25) is 0 Å². The molecule has 1 heterocycles. The fraction of sp³-hybridized carbons (Fsp3) is 0.259. The van der Waals surface area contributed by atoms with Crippen LogP contribution in [0.25, 0.3) is 22.4 Å². The Hall–Kier alpha value is -3.30. The van der Waals surface area contributed by atoms with Crippen LogP contribution < -0.4 is 0 Å². The first kappa shape index (κ1) is 26.3. The van der Waals surface area contributed by atoms with Crippen molar-refractivity contribution in [2.45, 2.75) is 44.9 Å². The summed E-state index contributed by atoms with van der Waals surface area (Å²) in [4.78, 5) is 27.2. The highest BCUT2D eigenvalue weighted by molar-refractivity contribution is 7.38. The monoisotopic (exact) mass is 495 g/mol. The highest BCUT2D eigenvalue weighted by Gasteiger charge is 2.35. The molecule has 0 fully saturated rings. The summed E-state index contributed by atoms with van der Waals surface area (Å²) in [6.45, 7) is 5.59. The van der Waals surface area contributed by atoms with Gasteiger partial charge in [-0.3, -0.25) is 14.3 Å². The molecule has 35 heavy (non-hydrogen) atoms. The highest BCUT2D eigenvalue weighted by atomic mass is 31.1. The molecule has 0 bridgehead atoms. The fourth-order valence-electron chi connectivity index (χ4n) is 4.21. The van der Waals surface area contributed by atoms with Gasteiger partial charge in [0.1, 0.15) is 11.9 Å². The zero-order chi connectivity index (χ0) is 25.7. The number of hydrogen-bond acceptors (Lipinski definition) is 5. The van der Waals surface area contributed by atoms with Crippen LogP contribution in [0.15, 0.2) is 54.6 Å². The minimum atomic E-state index is -3.44. The van der Waals surface area contributed by atoms with Crippen molar-refractivity contribution in [3.63, 3.8) is 0 Å². The summed E-state index contributed by atoms with van der Waals surface area (Å²) < 4.78 is 31.0. The first-order chi connectivity index (χ1) is 16.6. The standard InChI is InChI=1S/C27H27FNO5P/c1-5-34-22(31)15-21(30)27(35(32)33)24-23(18-11-13-20(28)14-12-18)17(4)26(29-25(24)16(2)3)19-9-7-6-8-10-19/h1,6-14,16,21,27,30,35H,15H2,2-4H3,(H,32,33). The molecule has 0 aliphatic heterocycles. The molecule has 3 rings (SSSR count). The number of terminal acetylenes is 1. The number of esters is 1. The van der Waals surface area contributed by atoms with Crippen LogP contribution in [-0.4, -0.2) is 27.1 Å². The number of hydrogen-bond donors (Lipinski definition) is 2. The quantitative estimate of drug-likeness (QED) is 0.248. The molecular weight excluding hydrogens is 468 g/mol. The van der Waals surface area contributed by atoms with Crippen LogP contribution in [-0.2, 0) is 14.1 Å². The van der Waals surface area contributed by atoms with Crippen molar-refractivity contribution in [1.82, 2.24) is 4.98 Å². The maximum atomic E-state index is 13.8. The van der Waals surface area contributed by atoms with Gasteiger partial charge in [0.15, 0.2) is 8.03 Å². The number of carbonyl (C=O) groups is 1. The summed E-state index contributed by atoms with van der Waals surface area (Å²) in [6, 6.07) is 15.2. The second-order valence-electron chi connectivity index (χ2n) is 8.47. The number of halogens is 1. The average molecular weight is 495 g/mol. The van der Waals surface area contributed by atoms with Crippen LogP contribution in [0, 0.1) is 25.3 Å². The van der Waals surface area contributed by atoms with Gasteiger partial charge in [0.2, 0.25) is 0 Å². The summed E-state index contributed by atoms with van der Waals surface area (Å²) in [5.74, 6) is -1.53. The van der Waals surface area contributed by atoms with Crippen LogP contribution in [0.5, 0.6) is 0 Å². The zero-order valence-electron chi connectivity index (χ0n) is 19.7. The molecule has 2 aromatic carbocycles. The summed E-state index contributed by atoms with van der Waals surface area (Å²) in [5.41, 5.74) is 2.85. The number of carbonyl (C=O) groups excluding carboxylic acids is 1. The first-order valence-corrected chi connectivity index (χ1v) is 12.5. The predicted molar refractivity (Wildman–Crippen MR) is 133 cm³/mol. The minimum absolute atomic E-state index is 0.207. The van der Waals surface area contributed by atoms with E-state index in [-0.39, 0.29) is 5.92 Å². The fourth-order valence-corrected chi connectivity index (χ4v) is 5.20. The number of aliphatic hydroxyl groups excluding tert-OH is 1. The van der Waals surface area contributed by atoms with Gasteiger partial charge in [0.05, 0.1) is 23.9 Å². The summed E-state index contributed by atoms with van der Waals surface area (Å²) in [6.07, 6.45) is 4.61. The van der Waals surface area contributed by atoms with Gasteiger partial charge in [-0.05, 0) is 47.2 Å². The van der Waals surface area contributed by atoms with E-state index in [9.17, 15) is 23.7 Å². The number of ether oxygens (including phenoxy) is 1. The SMILES string of the molecule is C#COC(=O)CC(O)C(c1c(C(C)C)nc(-c2ccccc2)c(C)c1-c1ccc(F)cc1)[PH](=O)O. The maximum Gasteiger partial charge on any atom is 0.322 e. The second-order valence-corrected chi connectivity index (χ2v) is 9.76. The van der Waals surface area contributed by atoms with Gasteiger partial charge in [0.25, 0.3) is 0 Å². The van der Waals surface area contributed by atoms with Gasteiger partial charge in [-0.15, -0.1) is 0 Å². The molecule has 1 aromatic heterocycles. The van der Waals surface area contributed by atoms with Crippen molar-refractivity contribution in [2.75, 3.05) is 0 Å². The third-order valence-corrected chi connectivity index (χ3v) is 6.95. The number of pyridine rings is 1. The lowest BCUT2D eigenvalue weighted by Gasteiger charge is -2.28. The molecule has 8 heteroatoms. The zero-order valence-corrected chi connectivity index (χ0v) is 20.7. The lowest BCUT2D eigenvalue weighted by molar-refractivity contribution is -0.139. The van der Waals surface area contributed by atoms with E-state index in [2.05, 4.69) is 4.74 Å². The number of rotatable bonds is 8.